The maximum Gasteiger partial charge on any atom is 0.246 e. The molecule has 2 heterocycles. The minimum Gasteiger partial charge on any atom is -0.354 e. The highest BCUT2D eigenvalue weighted by Gasteiger charge is 2.29. The summed E-state index contributed by atoms with van der Waals surface area (Å²) in [5.41, 5.74) is 1.23. The SMILES string of the molecule is CON(C)C(=O)C[C@@H](C)c1c(I)ncnc1N1CCN(C(C)(C)C)CC1. The van der Waals surface area contributed by atoms with Crippen LogP contribution in [0.3, 0.4) is 0 Å². The largest absolute Gasteiger partial charge is 0.354 e. The molecule has 1 amide bonds. The van der Waals surface area contributed by atoms with Crippen LogP contribution < -0.4 is 4.90 Å². The predicted molar refractivity (Wildman–Crippen MR) is 111 cm³/mol. The maximum atomic E-state index is 12.2. The van der Waals surface area contributed by atoms with Crippen LogP contribution in [-0.2, 0) is 9.63 Å². The van der Waals surface area contributed by atoms with Crippen molar-refractivity contribution in [1.29, 1.82) is 0 Å². The Morgan fingerprint density at radius 3 is 2.46 bits per heavy atom. The van der Waals surface area contributed by atoms with Crippen molar-refractivity contribution in [3.8, 4) is 0 Å². The van der Waals surface area contributed by atoms with Crippen molar-refractivity contribution in [3.05, 3.63) is 15.6 Å². The Bertz CT molecular complexity index is 626. The van der Waals surface area contributed by atoms with E-state index in [0.29, 0.717) is 6.42 Å². The van der Waals surface area contributed by atoms with Gasteiger partial charge in [-0.25, -0.2) is 15.0 Å². The van der Waals surface area contributed by atoms with Crippen molar-refractivity contribution < 1.29 is 9.63 Å². The van der Waals surface area contributed by atoms with Gasteiger partial charge in [-0.1, -0.05) is 6.92 Å². The lowest BCUT2D eigenvalue weighted by Gasteiger charge is -2.43. The number of hydroxylamine groups is 2. The van der Waals surface area contributed by atoms with E-state index in [2.05, 4.69) is 70.1 Å². The van der Waals surface area contributed by atoms with Crippen LogP contribution in [0.2, 0.25) is 0 Å². The third-order valence-corrected chi connectivity index (χ3v) is 5.80. The second kappa shape index (κ2) is 8.79. The lowest BCUT2D eigenvalue weighted by molar-refractivity contribution is -0.169. The number of anilines is 1. The average Bonchev–Trinajstić information content (AvgIpc) is 2.59. The van der Waals surface area contributed by atoms with Crippen molar-refractivity contribution >= 4 is 34.3 Å². The summed E-state index contributed by atoms with van der Waals surface area (Å²) in [4.78, 5) is 31.0. The van der Waals surface area contributed by atoms with E-state index in [1.165, 1.54) is 12.2 Å². The number of aromatic nitrogens is 2. The molecule has 1 fully saturated rings. The summed E-state index contributed by atoms with van der Waals surface area (Å²) >= 11 is 2.24. The van der Waals surface area contributed by atoms with Crippen molar-refractivity contribution in [2.24, 2.45) is 0 Å². The molecule has 0 aromatic carbocycles. The minimum absolute atomic E-state index is 0.0174. The standard InChI is InChI=1S/C18H30IN5O2/c1-13(11-14(25)22(5)26-6)15-16(19)20-12-21-17(15)23-7-9-24(10-8-23)18(2,3)4/h12-13H,7-11H2,1-6H3/t13-/m1/s1. The van der Waals surface area contributed by atoms with Gasteiger partial charge in [0.1, 0.15) is 15.8 Å². The third kappa shape index (κ3) is 5.04. The molecule has 1 saturated heterocycles. The summed E-state index contributed by atoms with van der Waals surface area (Å²) in [7, 11) is 3.13. The zero-order valence-corrected chi connectivity index (χ0v) is 18.8. The second-order valence-electron chi connectivity index (χ2n) is 7.73. The van der Waals surface area contributed by atoms with Gasteiger partial charge in [0.05, 0.1) is 7.11 Å². The first-order valence-electron chi connectivity index (χ1n) is 8.96. The fourth-order valence-electron chi connectivity index (χ4n) is 3.22. The van der Waals surface area contributed by atoms with Crippen LogP contribution in [0.15, 0.2) is 6.33 Å². The highest BCUT2D eigenvalue weighted by atomic mass is 127. The van der Waals surface area contributed by atoms with Gasteiger partial charge in [-0.15, -0.1) is 0 Å². The Hall–Kier alpha value is -1.00. The van der Waals surface area contributed by atoms with E-state index in [0.717, 1.165) is 41.3 Å². The monoisotopic (exact) mass is 475 g/mol. The Labute approximate surface area is 170 Å². The van der Waals surface area contributed by atoms with Gasteiger partial charge in [0.25, 0.3) is 0 Å². The summed E-state index contributed by atoms with van der Waals surface area (Å²) in [6.07, 6.45) is 1.98. The van der Waals surface area contributed by atoms with E-state index in [4.69, 9.17) is 4.84 Å². The minimum atomic E-state index is -0.0526. The molecule has 1 aliphatic rings. The first-order chi connectivity index (χ1) is 12.1. The molecule has 0 radical (unpaired) electrons. The molecule has 1 aromatic rings. The van der Waals surface area contributed by atoms with E-state index in [1.807, 2.05) is 0 Å². The summed E-state index contributed by atoms with van der Waals surface area (Å²) in [6.45, 7) is 12.7. The second-order valence-corrected chi connectivity index (χ2v) is 8.75. The highest BCUT2D eigenvalue weighted by Crippen LogP contribution is 2.32. The molecule has 8 heteroatoms. The van der Waals surface area contributed by atoms with E-state index in [1.54, 1.807) is 13.4 Å². The van der Waals surface area contributed by atoms with Crippen molar-refractivity contribution in [3.63, 3.8) is 0 Å². The normalized spacial score (nSPS) is 17.3. The van der Waals surface area contributed by atoms with Gasteiger partial charge < -0.3 is 4.90 Å². The first kappa shape index (κ1) is 21.3. The number of hydrogen-bond acceptors (Lipinski definition) is 6. The predicted octanol–water partition coefficient (Wildman–Crippen LogP) is 2.52. The molecule has 0 aliphatic carbocycles. The molecular weight excluding hydrogens is 445 g/mol. The molecule has 0 N–H and O–H groups in total. The van der Waals surface area contributed by atoms with Crippen LogP contribution >= 0.6 is 22.6 Å². The zero-order chi connectivity index (χ0) is 19.5. The van der Waals surface area contributed by atoms with Crippen LogP contribution in [0, 0.1) is 3.70 Å². The Morgan fingerprint density at radius 1 is 1.31 bits per heavy atom. The van der Waals surface area contributed by atoms with Crippen LogP contribution in [0.25, 0.3) is 0 Å². The molecular formula is C18H30IN5O2. The fourth-order valence-corrected chi connectivity index (χ4v) is 4.12. The number of carbonyl (C=O) groups excluding carboxylic acids is 1. The Balaban J connectivity index is 2.18. The Morgan fingerprint density at radius 2 is 1.92 bits per heavy atom. The smallest absolute Gasteiger partial charge is 0.246 e. The number of hydrogen-bond donors (Lipinski definition) is 0. The average molecular weight is 475 g/mol. The van der Waals surface area contributed by atoms with Crippen molar-refractivity contribution in [2.75, 3.05) is 45.2 Å². The summed E-state index contributed by atoms with van der Waals surface area (Å²) in [5.74, 6) is 0.922. The van der Waals surface area contributed by atoms with Crippen LogP contribution in [0.1, 0.15) is 45.6 Å². The van der Waals surface area contributed by atoms with E-state index >= 15 is 0 Å². The fraction of sp³-hybridized carbons (Fsp3) is 0.722. The van der Waals surface area contributed by atoms with E-state index in [9.17, 15) is 4.79 Å². The number of piperazine rings is 1. The molecule has 146 valence electrons. The highest BCUT2D eigenvalue weighted by molar-refractivity contribution is 14.1. The van der Waals surface area contributed by atoms with E-state index in [-0.39, 0.29) is 17.4 Å². The van der Waals surface area contributed by atoms with Gasteiger partial charge in [-0.05, 0) is 49.3 Å². The quantitative estimate of drug-likeness (QED) is 0.371. The third-order valence-electron chi connectivity index (χ3n) is 4.94. The van der Waals surface area contributed by atoms with Gasteiger partial charge in [-0.3, -0.25) is 14.5 Å². The van der Waals surface area contributed by atoms with Gasteiger partial charge in [-0.2, -0.15) is 0 Å². The molecule has 1 atom stereocenters. The molecule has 0 saturated carbocycles. The molecule has 1 aromatic heterocycles. The van der Waals surface area contributed by atoms with Crippen molar-refractivity contribution in [1.82, 2.24) is 19.9 Å². The van der Waals surface area contributed by atoms with Crippen molar-refractivity contribution in [2.45, 2.75) is 45.6 Å². The molecule has 0 unspecified atom stereocenters. The molecule has 1 aliphatic heterocycles. The topological polar surface area (TPSA) is 61.8 Å². The summed E-state index contributed by atoms with van der Waals surface area (Å²) in [6, 6.07) is 0. The van der Waals surface area contributed by atoms with Crippen LogP contribution in [-0.4, -0.2) is 71.7 Å². The van der Waals surface area contributed by atoms with Crippen LogP contribution in [0.5, 0.6) is 0 Å². The number of carbonyl (C=O) groups is 1. The van der Waals surface area contributed by atoms with Gasteiger partial charge in [0.15, 0.2) is 0 Å². The summed E-state index contributed by atoms with van der Waals surface area (Å²) < 4.78 is 0.909. The molecule has 2 rings (SSSR count). The number of rotatable bonds is 5. The summed E-state index contributed by atoms with van der Waals surface area (Å²) in [5, 5.41) is 1.27. The molecule has 0 bridgehead atoms. The molecule has 0 spiro atoms. The maximum absolute atomic E-state index is 12.2. The molecule has 26 heavy (non-hydrogen) atoms. The Kier molecular flexibility index (Phi) is 7.20. The number of amides is 1. The van der Waals surface area contributed by atoms with Gasteiger partial charge >= 0.3 is 0 Å². The van der Waals surface area contributed by atoms with Gasteiger partial charge in [0.2, 0.25) is 5.91 Å². The lowest BCUT2D eigenvalue weighted by Crippen LogP contribution is -2.53. The zero-order valence-electron chi connectivity index (χ0n) is 16.6. The van der Waals surface area contributed by atoms with E-state index < -0.39 is 0 Å². The van der Waals surface area contributed by atoms with Crippen LogP contribution in [0.4, 0.5) is 5.82 Å². The molecule has 7 nitrogen and oxygen atoms in total. The lowest BCUT2D eigenvalue weighted by atomic mass is 9.98. The number of halogens is 1. The number of nitrogens with zero attached hydrogens (tertiary/aromatic N) is 5. The van der Waals surface area contributed by atoms with Gasteiger partial charge in [0, 0.05) is 50.7 Å². The first-order valence-corrected chi connectivity index (χ1v) is 10.0.